The number of carbonyl (C=O) groups excluding carboxylic acids is 1. The summed E-state index contributed by atoms with van der Waals surface area (Å²) in [6, 6.07) is 5.64. The fourth-order valence-electron chi connectivity index (χ4n) is 2.62. The maximum absolute atomic E-state index is 12.2. The summed E-state index contributed by atoms with van der Waals surface area (Å²) in [5.41, 5.74) is 1.04. The first-order valence-corrected chi connectivity index (χ1v) is 7.84. The Labute approximate surface area is 136 Å². The van der Waals surface area contributed by atoms with E-state index in [1.165, 1.54) is 0 Å². The number of piperidine rings is 1. The van der Waals surface area contributed by atoms with E-state index in [1.54, 1.807) is 7.11 Å². The molecule has 0 saturated carbocycles. The van der Waals surface area contributed by atoms with Crippen LogP contribution in [0.4, 0.5) is 0 Å². The molecule has 122 valence electrons. The molecule has 6 heteroatoms. The van der Waals surface area contributed by atoms with Gasteiger partial charge < -0.3 is 14.7 Å². The highest BCUT2D eigenvalue weighted by Gasteiger charge is 2.22. The number of likely N-dealkylation sites (tertiary alicyclic amines) is 1. The van der Waals surface area contributed by atoms with Crippen molar-refractivity contribution in [1.29, 1.82) is 0 Å². The minimum Gasteiger partial charge on any atom is -0.495 e. The SMILES string of the molecule is COc1ccc(CN(C)CC(=O)N2CCC(O)CC2)cc1Cl. The Hall–Kier alpha value is -1.30. The number of hydrogen-bond acceptors (Lipinski definition) is 4. The van der Waals surface area contributed by atoms with Gasteiger partial charge in [-0.1, -0.05) is 17.7 Å². The molecule has 1 N–H and O–H groups in total. The molecular weight excluding hydrogens is 304 g/mol. The molecule has 1 aliphatic heterocycles. The van der Waals surface area contributed by atoms with Crippen molar-refractivity contribution < 1.29 is 14.6 Å². The molecule has 5 nitrogen and oxygen atoms in total. The number of nitrogens with zero attached hydrogens (tertiary/aromatic N) is 2. The van der Waals surface area contributed by atoms with Crippen LogP contribution >= 0.6 is 11.6 Å². The van der Waals surface area contributed by atoms with Crippen molar-refractivity contribution in [1.82, 2.24) is 9.80 Å². The molecule has 1 heterocycles. The number of aliphatic hydroxyl groups excluding tert-OH is 1. The molecule has 1 aromatic carbocycles. The van der Waals surface area contributed by atoms with E-state index in [1.807, 2.05) is 35.0 Å². The number of carbonyl (C=O) groups is 1. The number of halogens is 1. The third-order valence-corrected chi connectivity index (χ3v) is 4.19. The summed E-state index contributed by atoms with van der Waals surface area (Å²) in [7, 11) is 3.50. The quantitative estimate of drug-likeness (QED) is 0.896. The molecule has 0 aromatic heterocycles. The van der Waals surface area contributed by atoms with Crippen LogP contribution in [-0.4, -0.2) is 60.7 Å². The van der Waals surface area contributed by atoms with E-state index in [2.05, 4.69) is 0 Å². The van der Waals surface area contributed by atoms with Gasteiger partial charge in [0.15, 0.2) is 0 Å². The zero-order valence-electron chi connectivity index (χ0n) is 13.1. The molecule has 1 saturated heterocycles. The Bertz CT molecular complexity index is 516. The molecule has 0 radical (unpaired) electrons. The first-order chi connectivity index (χ1) is 10.5. The van der Waals surface area contributed by atoms with Gasteiger partial charge in [-0.05, 0) is 37.6 Å². The molecular formula is C16H23ClN2O3. The Morgan fingerprint density at radius 1 is 1.45 bits per heavy atom. The zero-order chi connectivity index (χ0) is 16.1. The van der Waals surface area contributed by atoms with Crippen LogP contribution in [0, 0.1) is 0 Å². The lowest BCUT2D eigenvalue weighted by Crippen LogP contribution is -2.44. The van der Waals surface area contributed by atoms with E-state index in [9.17, 15) is 9.90 Å². The summed E-state index contributed by atoms with van der Waals surface area (Å²) in [5, 5.41) is 10.1. The maximum atomic E-state index is 12.2. The van der Waals surface area contributed by atoms with E-state index in [0.29, 0.717) is 49.8 Å². The van der Waals surface area contributed by atoms with Crippen molar-refractivity contribution in [3.63, 3.8) is 0 Å². The van der Waals surface area contributed by atoms with Gasteiger partial charge >= 0.3 is 0 Å². The van der Waals surface area contributed by atoms with Gasteiger partial charge in [-0.15, -0.1) is 0 Å². The number of ether oxygens (including phenoxy) is 1. The Morgan fingerprint density at radius 3 is 2.73 bits per heavy atom. The van der Waals surface area contributed by atoms with Crippen molar-refractivity contribution in [3.05, 3.63) is 28.8 Å². The molecule has 0 bridgehead atoms. The molecule has 2 rings (SSSR count). The van der Waals surface area contributed by atoms with Crippen molar-refractivity contribution in [2.24, 2.45) is 0 Å². The zero-order valence-corrected chi connectivity index (χ0v) is 13.8. The molecule has 22 heavy (non-hydrogen) atoms. The summed E-state index contributed by atoms with van der Waals surface area (Å²) in [4.78, 5) is 16.0. The molecule has 0 aliphatic carbocycles. The molecule has 1 amide bonds. The normalized spacial score (nSPS) is 16.1. The summed E-state index contributed by atoms with van der Waals surface area (Å²) in [6.07, 6.45) is 1.08. The molecule has 1 aromatic rings. The lowest BCUT2D eigenvalue weighted by atomic mass is 10.1. The number of benzene rings is 1. The predicted octanol–water partition coefficient (Wildman–Crippen LogP) is 1.76. The van der Waals surface area contributed by atoms with Crippen LogP contribution in [0.5, 0.6) is 5.75 Å². The number of likely N-dealkylation sites (N-methyl/N-ethyl adjacent to an activating group) is 1. The molecule has 0 spiro atoms. The van der Waals surface area contributed by atoms with Gasteiger partial charge in [0.25, 0.3) is 0 Å². The number of hydrogen-bond donors (Lipinski definition) is 1. The van der Waals surface area contributed by atoms with Crippen LogP contribution in [0.2, 0.25) is 5.02 Å². The van der Waals surface area contributed by atoms with E-state index < -0.39 is 0 Å². The minimum absolute atomic E-state index is 0.106. The Balaban J connectivity index is 1.85. The van der Waals surface area contributed by atoms with Crippen molar-refractivity contribution >= 4 is 17.5 Å². The smallest absolute Gasteiger partial charge is 0.236 e. The van der Waals surface area contributed by atoms with Crippen LogP contribution in [0.1, 0.15) is 18.4 Å². The van der Waals surface area contributed by atoms with Gasteiger partial charge in [0.1, 0.15) is 5.75 Å². The van der Waals surface area contributed by atoms with Crippen LogP contribution in [0.3, 0.4) is 0 Å². The van der Waals surface area contributed by atoms with Crippen LogP contribution in [0.25, 0.3) is 0 Å². The summed E-state index contributed by atoms with van der Waals surface area (Å²) >= 11 is 6.11. The van der Waals surface area contributed by atoms with Gasteiger partial charge in [-0.25, -0.2) is 0 Å². The number of rotatable bonds is 5. The van der Waals surface area contributed by atoms with E-state index in [0.717, 1.165) is 5.56 Å². The third kappa shape index (κ3) is 4.60. The van der Waals surface area contributed by atoms with Crippen molar-refractivity contribution in [3.8, 4) is 5.75 Å². The highest BCUT2D eigenvalue weighted by Crippen LogP contribution is 2.25. The first kappa shape index (κ1) is 17.1. The fourth-order valence-corrected chi connectivity index (χ4v) is 2.90. The average molecular weight is 327 g/mol. The minimum atomic E-state index is -0.261. The van der Waals surface area contributed by atoms with Gasteiger partial charge in [0.05, 0.1) is 24.8 Å². The highest BCUT2D eigenvalue weighted by molar-refractivity contribution is 6.32. The van der Waals surface area contributed by atoms with Crippen molar-refractivity contribution in [2.45, 2.75) is 25.5 Å². The largest absolute Gasteiger partial charge is 0.495 e. The second-order valence-corrected chi connectivity index (χ2v) is 6.16. The number of amides is 1. The predicted molar refractivity (Wildman–Crippen MR) is 86.2 cm³/mol. The summed E-state index contributed by atoms with van der Waals surface area (Å²) in [5.74, 6) is 0.755. The third-order valence-electron chi connectivity index (χ3n) is 3.89. The topological polar surface area (TPSA) is 53.0 Å². The molecule has 0 atom stereocenters. The average Bonchev–Trinajstić information content (AvgIpc) is 2.48. The summed E-state index contributed by atoms with van der Waals surface area (Å²) < 4.78 is 5.13. The lowest BCUT2D eigenvalue weighted by molar-refractivity contribution is -0.134. The molecule has 0 unspecified atom stereocenters. The number of aliphatic hydroxyl groups is 1. The van der Waals surface area contributed by atoms with Crippen LogP contribution in [-0.2, 0) is 11.3 Å². The summed E-state index contributed by atoms with van der Waals surface area (Å²) in [6.45, 7) is 2.29. The van der Waals surface area contributed by atoms with E-state index >= 15 is 0 Å². The monoisotopic (exact) mass is 326 g/mol. The van der Waals surface area contributed by atoms with Crippen molar-refractivity contribution in [2.75, 3.05) is 33.8 Å². The Kier molecular flexibility index (Phi) is 6.06. The second-order valence-electron chi connectivity index (χ2n) is 5.75. The standard InChI is InChI=1S/C16H23ClN2O3/c1-18(10-12-3-4-15(22-2)14(17)9-12)11-16(21)19-7-5-13(20)6-8-19/h3-4,9,13,20H,5-8,10-11H2,1-2H3. The van der Waals surface area contributed by atoms with Gasteiger partial charge in [-0.3, -0.25) is 9.69 Å². The van der Waals surface area contributed by atoms with Gasteiger partial charge in [0, 0.05) is 19.6 Å². The second kappa shape index (κ2) is 7.81. The number of methoxy groups -OCH3 is 1. The molecule has 1 aliphatic rings. The fraction of sp³-hybridized carbons (Fsp3) is 0.562. The van der Waals surface area contributed by atoms with Gasteiger partial charge in [0.2, 0.25) is 5.91 Å². The van der Waals surface area contributed by atoms with Gasteiger partial charge in [-0.2, -0.15) is 0 Å². The first-order valence-electron chi connectivity index (χ1n) is 7.46. The van der Waals surface area contributed by atoms with E-state index in [4.69, 9.17) is 16.3 Å². The van der Waals surface area contributed by atoms with E-state index in [-0.39, 0.29) is 12.0 Å². The molecule has 1 fully saturated rings. The highest BCUT2D eigenvalue weighted by atomic mass is 35.5. The Morgan fingerprint density at radius 2 is 2.14 bits per heavy atom. The van der Waals surface area contributed by atoms with Crippen LogP contribution < -0.4 is 4.74 Å². The maximum Gasteiger partial charge on any atom is 0.236 e. The van der Waals surface area contributed by atoms with Crippen LogP contribution in [0.15, 0.2) is 18.2 Å². The lowest BCUT2D eigenvalue weighted by Gasteiger charge is -2.31.